The molecule has 0 aliphatic rings. The normalized spacial score (nSPS) is 10.9. The fourth-order valence-electron chi connectivity index (χ4n) is 2.23. The van der Waals surface area contributed by atoms with Gasteiger partial charge in [0.15, 0.2) is 0 Å². The highest BCUT2D eigenvalue weighted by Gasteiger charge is 2.15. The van der Waals surface area contributed by atoms with Crippen molar-refractivity contribution in [1.82, 2.24) is 5.32 Å². The number of aryl methyl sites for hydroxylation is 1. The first kappa shape index (κ1) is 14.1. The molecule has 3 N–H and O–H groups in total. The summed E-state index contributed by atoms with van der Waals surface area (Å²) in [6, 6.07) is 10.2. The van der Waals surface area contributed by atoms with Crippen LogP contribution in [0.2, 0.25) is 0 Å². The number of nitrogens with two attached hydrogens (primary N) is 1. The van der Waals surface area contributed by atoms with E-state index in [1.165, 1.54) is 21.8 Å². The zero-order valence-electron chi connectivity index (χ0n) is 11.7. The molecule has 2 aromatic heterocycles. The Hall–Kier alpha value is -1.85. The number of nitrogen functional groups attached to an aromatic ring is 1. The molecule has 0 saturated heterocycles. The van der Waals surface area contributed by atoms with Gasteiger partial charge in [-0.25, -0.2) is 0 Å². The summed E-state index contributed by atoms with van der Waals surface area (Å²) >= 11 is 3.17. The van der Waals surface area contributed by atoms with Gasteiger partial charge in [-0.2, -0.15) is 0 Å². The maximum absolute atomic E-state index is 12.3. The smallest absolute Gasteiger partial charge is 0.263 e. The van der Waals surface area contributed by atoms with Crippen LogP contribution in [0, 0.1) is 6.92 Å². The van der Waals surface area contributed by atoms with E-state index in [2.05, 4.69) is 17.4 Å². The second kappa shape index (κ2) is 5.87. The third-order valence-corrected chi connectivity index (χ3v) is 5.43. The van der Waals surface area contributed by atoms with Gasteiger partial charge in [0.25, 0.3) is 5.91 Å². The molecular formula is C16H16N2OS2. The van der Waals surface area contributed by atoms with Gasteiger partial charge in [0.1, 0.15) is 4.88 Å². The van der Waals surface area contributed by atoms with E-state index < -0.39 is 0 Å². The van der Waals surface area contributed by atoms with Crippen molar-refractivity contribution in [1.29, 1.82) is 0 Å². The van der Waals surface area contributed by atoms with Crippen LogP contribution in [0.25, 0.3) is 10.1 Å². The van der Waals surface area contributed by atoms with E-state index in [0.717, 1.165) is 16.5 Å². The zero-order chi connectivity index (χ0) is 14.8. The van der Waals surface area contributed by atoms with Crippen molar-refractivity contribution >= 4 is 44.4 Å². The zero-order valence-corrected chi connectivity index (χ0v) is 13.3. The Kier molecular flexibility index (Phi) is 3.94. The molecule has 5 heteroatoms. The van der Waals surface area contributed by atoms with Gasteiger partial charge < -0.3 is 11.1 Å². The number of nitrogens with one attached hydrogen (secondary N) is 1. The number of amides is 1. The van der Waals surface area contributed by atoms with E-state index in [9.17, 15) is 4.79 Å². The van der Waals surface area contributed by atoms with Crippen LogP contribution in [0.1, 0.15) is 20.1 Å². The summed E-state index contributed by atoms with van der Waals surface area (Å²) in [7, 11) is 0. The molecule has 0 spiro atoms. The summed E-state index contributed by atoms with van der Waals surface area (Å²) in [5.41, 5.74) is 7.87. The number of carbonyl (C=O) groups is 1. The maximum atomic E-state index is 12.3. The topological polar surface area (TPSA) is 55.1 Å². The highest BCUT2D eigenvalue weighted by molar-refractivity contribution is 7.21. The quantitative estimate of drug-likeness (QED) is 0.768. The third-order valence-electron chi connectivity index (χ3n) is 3.33. The molecule has 0 aliphatic carbocycles. The van der Waals surface area contributed by atoms with Crippen LogP contribution in [-0.4, -0.2) is 12.5 Å². The molecule has 2 heterocycles. The SMILES string of the molecule is Cc1ccc2c(N)c(C(=O)NCCc3cccs3)sc2c1. The van der Waals surface area contributed by atoms with Crippen molar-refractivity contribution in [3.8, 4) is 0 Å². The number of hydrogen-bond acceptors (Lipinski definition) is 4. The number of carbonyl (C=O) groups excluding carboxylic acids is 1. The van der Waals surface area contributed by atoms with Crippen molar-refractivity contribution in [2.75, 3.05) is 12.3 Å². The number of benzene rings is 1. The first-order chi connectivity index (χ1) is 10.1. The van der Waals surface area contributed by atoms with Crippen LogP contribution >= 0.6 is 22.7 Å². The molecule has 0 unspecified atom stereocenters. The van der Waals surface area contributed by atoms with Crippen LogP contribution < -0.4 is 11.1 Å². The lowest BCUT2D eigenvalue weighted by Gasteiger charge is -2.03. The summed E-state index contributed by atoms with van der Waals surface area (Å²) in [6.07, 6.45) is 0.854. The molecule has 3 aromatic rings. The Morgan fingerprint density at radius 2 is 2.19 bits per heavy atom. The number of anilines is 1. The number of fused-ring (bicyclic) bond motifs is 1. The predicted octanol–water partition coefficient (Wildman–Crippen LogP) is 3.83. The Balaban J connectivity index is 1.73. The monoisotopic (exact) mass is 316 g/mol. The largest absolute Gasteiger partial charge is 0.397 e. The van der Waals surface area contributed by atoms with Crippen molar-refractivity contribution in [2.24, 2.45) is 0 Å². The third kappa shape index (κ3) is 2.94. The fraction of sp³-hybridized carbons (Fsp3) is 0.188. The first-order valence-electron chi connectivity index (χ1n) is 6.74. The number of thiophene rings is 2. The van der Waals surface area contributed by atoms with Gasteiger partial charge in [-0.15, -0.1) is 22.7 Å². The van der Waals surface area contributed by atoms with E-state index >= 15 is 0 Å². The minimum atomic E-state index is -0.0806. The Morgan fingerprint density at radius 1 is 1.33 bits per heavy atom. The van der Waals surface area contributed by atoms with Crippen LogP contribution in [0.5, 0.6) is 0 Å². The standard InChI is InChI=1S/C16H16N2OS2/c1-10-4-5-12-13(9-10)21-15(14(12)17)16(19)18-7-6-11-3-2-8-20-11/h2-5,8-9H,6-7,17H2,1H3,(H,18,19). The molecule has 3 nitrogen and oxygen atoms in total. The molecule has 3 rings (SSSR count). The maximum Gasteiger partial charge on any atom is 0.263 e. The molecule has 1 amide bonds. The molecular weight excluding hydrogens is 300 g/mol. The second-order valence-electron chi connectivity index (χ2n) is 4.93. The average molecular weight is 316 g/mol. The van der Waals surface area contributed by atoms with Crippen LogP contribution in [0.3, 0.4) is 0 Å². The summed E-state index contributed by atoms with van der Waals surface area (Å²) in [6.45, 7) is 2.67. The summed E-state index contributed by atoms with van der Waals surface area (Å²) in [4.78, 5) is 14.2. The van der Waals surface area contributed by atoms with E-state index in [1.807, 2.05) is 30.5 Å². The van der Waals surface area contributed by atoms with Gasteiger partial charge in [-0.3, -0.25) is 4.79 Å². The van der Waals surface area contributed by atoms with Gasteiger partial charge >= 0.3 is 0 Å². The average Bonchev–Trinajstić information content (AvgIpc) is 3.07. The summed E-state index contributed by atoms with van der Waals surface area (Å²) in [5, 5.41) is 5.96. The van der Waals surface area contributed by atoms with Gasteiger partial charge in [0, 0.05) is 21.5 Å². The fourth-order valence-corrected chi connectivity index (χ4v) is 4.07. The van der Waals surface area contributed by atoms with E-state index in [-0.39, 0.29) is 5.91 Å². The Morgan fingerprint density at radius 3 is 2.95 bits per heavy atom. The van der Waals surface area contributed by atoms with Crippen molar-refractivity contribution in [3.05, 3.63) is 51.0 Å². The van der Waals surface area contributed by atoms with Crippen molar-refractivity contribution < 1.29 is 4.79 Å². The predicted molar refractivity (Wildman–Crippen MR) is 91.3 cm³/mol. The minimum Gasteiger partial charge on any atom is -0.397 e. The summed E-state index contributed by atoms with van der Waals surface area (Å²) < 4.78 is 1.07. The molecule has 1 aromatic carbocycles. The van der Waals surface area contributed by atoms with Gasteiger partial charge in [-0.1, -0.05) is 18.2 Å². The highest BCUT2D eigenvalue weighted by atomic mass is 32.1. The van der Waals surface area contributed by atoms with E-state index in [1.54, 1.807) is 11.3 Å². The molecule has 21 heavy (non-hydrogen) atoms. The highest BCUT2D eigenvalue weighted by Crippen LogP contribution is 2.34. The van der Waals surface area contributed by atoms with Gasteiger partial charge in [0.05, 0.1) is 5.69 Å². The van der Waals surface area contributed by atoms with Crippen LogP contribution in [0.4, 0.5) is 5.69 Å². The Bertz CT molecular complexity index is 775. The summed E-state index contributed by atoms with van der Waals surface area (Å²) in [5.74, 6) is -0.0806. The lowest BCUT2D eigenvalue weighted by molar-refractivity contribution is 0.0959. The van der Waals surface area contributed by atoms with Crippen LogP contribution in [0.15, 0.2) is 35.7 Å². The molecule has 0 aliphatic heterocycles. The number of rotatable bonds is 4. The second-order valence-corrected chi connectivity index (χ2v) is 7.01. The van der Waals surface area contributed by atoms with E-state index in [0.29, 0.717) is 17.1 Å². The molecule has 0 atom stereocenters. The lowest BCUT2D eigenvalue weighted by atomic mass is 10.1. The molecule has 0 radical (unpaired) electrons. The first-order valence-corrected chi connectivity index (χ1v) is 8.44. The van der Waals surface area contributed by atoms with Crippen molar-refractivity contribution in [2.45, 2.75) is 13.3 Å². The van der Waals surface area contributed by atoms with Gasteiger partial charge in [0.2, 0.25) is 0 Å². The number of hydrogen-bond donors (Lipinski definition) is 2. The van der Waals surface area contributed by atoms with Gasteiger partial charge in [-0.05, 0) is 36.4 Å². The molecule has 0 saturated carbocycles. The van der Waals surface area contributed by atoms with E-state index in [4.69, 9.17) is 5.73 Å². The lowest BCUT2D eigenvalue weighted by Crippen LogP contribution is -2.25. The Labute approximate surface area is 131 Å². The van der Waals surface area contributed by atoms with Crippen molar-refractivity contribution in [3.63, 3.8) is 0 Å². The molecule has 0 fully saturated rings. The molecule has 0 bridgehead atoms. The minimum absolute atomic E-state index is 0.0806. The van der Waals surface area contributed by atoms with Crippen LogP contribution in [-0.2, 0) is 6.42 Å². The molecule has 108 valence electrons.